The molecule has 0 unspecified atom stereocenters. The Kier molecular flexibility index (Phi) is 4.14. The molecule has 3 nitrogen and oxygen atoms in total. The molecule has 102 valence electrons. The van der Waals surface area contributed by atoms with E-state index in [1.807, 2.05) is 42.5 Å². The molecule has 20 heavy (non-hydrogen) atoms. The zero-order chi connectivity index (χ0) is 13.8. The van der Waals surface area contributed by atoms with Crippen LogP contribution in [0, 0.1) is 0 Å². The molecule has 0 amide bonds. The number of thioether (sulfide) groups is 1. The molecule has 3 aromatic rings. The van der Waals surface area contributed by atoms with Gasteiger partial charge in [-0.05, 0) is 29.8 Å². The van der Waals surface area contributed by atoms with Gasteiger partial charge in [-0.3, -0.25) is 0 Å². The second-order valence-electron chi connectivity index (χ2n) is 4.28. The van der Waals surface area contributed by atoms with E-state index < -0.39 is 0 Å². The lowest BCUT2D eigenvalue weighted by atomic mass is 10.2. The van der Waals surface area contributed by atoms with E-state index in [0.29, 0.717) is 11.5 Å². The standard InChI is InChI=1S/C15H12ClNO2S/c16-12-5-3-11(4-6-12)9-20-10-13-8-15(19-17-13)14-2-1-7-18-14/h1-8H,9-10H2. The summed E-state index contributed by atoms with van der Waals surface area (Å²) in [5.74, 6) is 3.08. The number of hydrogen-bond acceptors (Lipinski definition) is 4. The summed E-state index contributed by atoms with van der Waals surface area (Å²) >= 11 is 7.63. The van der Waals surface area contributed by atoms with Crippen molar-refractivity contribution >= 4 is 23.4 Å². The number of halogens is 1. The van der Waals surface area contributed by atoms with Gasteiger partial charge in [0.1, 0.15) is 0 Å². The topological polar surface area (TPSA) is 39.2 Å². The van der Waals surface area contributed by atoms with Crippen molar-refractivity contribution in [3.8, 4) is 11.5 Å². The van der Waals surface area contributed by atoms with Gasteiger partial charge < -0.3 is 8.94 Å². The molecule has 0 fully saturated rings. The Bertz CT molecular complexity index is 662. The Morgan fingerprint density at radius 3 is 2.65 bits per heavy atom. The molecule has 0 N–H and O–H groups in total. The largest absolute Gasteiger partial charge is 0.461 e. The van der Waals surface area contributed by atoms with Crippen LogP contribution < -0.4 is 0 Å². The van der Waals surface area contributed by atoms with Crippen molar-refractivity contribution in [3.05, 3.63) is 65.0 Å². The Labute approximate surface area is 125 Å². The fourth-order valence-electron chi connectivity index (χ4n) is 1.77. The fourth-order valence-corrected chi connectivity index (χ4v) is 2.77. The van der Waals surface area contributed by atoms with Gasteiger partial charge in [0.05, 0.1) is 12.0 Å². The van der Waals surface area contributed by atoms with E-state index in [1.165, 1.54) is 5.56 Å². The van der Waals surface area contributed by atoms with Gasteiger partial charge in [0, 0.05) is 22.6 Å². The molecular weight excluding hydrogens is 294 g/mol. The van der Waals surface area contributed by atoms with Crippen molar-refractivity contribution in [2.75, 3.05) is 0 Å². The lowest BCUT2D eigenvalue weighted by Gasteiger charge is -1.99. The second kappa shape index (κ2) is 6.20. The van der Waals surface area contributed by atoms with Crippen LogP contribution in [0.1, 0.15) is 11.3 Å². The highest BCUT2D eigenvalue weighted by atomic mass is 35.5. The van der Waals surface area contributed by atoms with Crippen LogP contribution in [0.2, 0.25) is 5.02 Å². The number of nitrogens with zero attached hydrogens (tertiary/aromatic N) is 1. The lowest BCUT2D eigenvalue weighted by Crippen LogP contribution is -1.83. The predicted molar refractivity (Wildman–Crippen MR) is 80.7 cm³/mol. The van der Waals surface area contributed by atoms with Gasteiger partial charge >= 0.3 is 0 Å². The highest BCUT2D eigenvalue weighted by Gasteiger charge is 2.08. The van der Waals surface area contributed by atoms with Gasteiger partial charge in [-0.1, -0.05) is 28.9 Å². The smallest absolute Gasteiger partial charge is 0.202 e. The van der Waals surface area contributed by atoms with Crippen LogP contribution >= 0.6 is 23.4 Å². The second-order valence-corrected chi connectivity index (χ2v) is 5.70. The zero-order valence-corrected chi connectivity index (χ0v) is 12.2. The van der Waals surface area contributed by atoms with Gasteiger partial charge in [0.25, 0.3) is 0 Å². The van der Waals surface area contributed by atoms with Crippen LogP contribution in [0.5, 0.6) is 0 Å². The quantitative estimate of drug-likeness (QED) is 0.663. The number of rotatable bonds is 5. The Morgan fingerprint density at radius 2 is 1.90 bits per heavy atom. The average Bonchev–Trinajstić information content (AvgIpc) is 3.11. The summed E-state index contributed by atoms with van der Waals surface area (Å²) in [6.45, 7) is 0. The number of aromatic nitrogens is 1. The van der Waals surface area contributed by atoms with E-state index in [2.05, 4.69) is 5.16 Å². The number of furan rings is 1. The van der Waals surface area contributed by atoms with Gasteiger partial charge in [0.15, 0.2) is 5.76 Å². The Hall–Kier alpha value is -1.65. The third-order valence-corrected chi connectivity index (χ3v) is 4.04. The maximum Gasteiger partial charge on any atom is 0.202 e. The van der Waals surface area contributed by atoms with Crippen molar-refractivity contribution in [1.82, 2.24) is 5.16 Å². The first-order valence-corrected chi connectivity index (χ1v) is 7.66. The summed E-state index contributed by atoms with van der Waals surface area (Å²) in [7, 11) is 0. The maximum absolute atomic E-state index is 5.86. The van der Waals surface area contributed by atoms with Crippen LogP contribution in [-0.4, -0.2) is 5.16 Å². The van der Waals surface area contributed by atoms with Crippen LogP contribution in [0.15, 0.2) is 57.7 Å². The van der Waals surface area contributed by atoms with Crippen molar-refractivity contribution in [1.29, 1.82) is 0 Å². The van der Waals surface area contributed by atoms with E-state index in [-0.39, 0.29) is 0 Å². The van der Waals surface area contributed by atoms with E-state index in [0.717, 1.165) is 22.2 Å². The Morgan fingerprint density at radius 1 is 1.05 bits per heavy atom. The van der Waals surface area contributed by atoms with Crippen molar-refractivity contribution < 1.29 is 8.94 Å². The molecule has 1 aromatic carbocycles. The van der Waals surface area contributed by atoms with E-state index in [9.17, 15) is 0 Å². The molecular formula is C15H12ClNO2S. The van der Waals surface area contributed by atoms with E-state index >= 15 is 0 Å². The van der Waals surface area contributed by atoms with Crippen LogP contribution in [0.4, 0.5) is 0 Å². The van der Waals surface area contributed by atoms with Crippen molar-refractivity contribution in [2.24, 2.45) is 0 Å². The van der Waals surface area contributed by atoms with Gasteiger partial charge in [-0.15, -0.1) is 0 Å². The van der Waals surface area contributed by atoms with E-state index in [1.54, 1.807) is 18.0 Å². The molecule has 0 atom stereocenters. The molecule has 0 saturated heterocycles. The summed E-state index contributed by atoms with van der Waals surface area (Å²) < 4.78 is 10.5. The highest BCUT2D eigenvalue weighted by molar-refractivity contribution is 7.97. The third kappa shape index (κ3) is 3.26. The molecule has 2 heterocycles. The number of hydrogen-bond donors (Lipinski definition) is 0. The molecule has 2 aromatic heterocycles. The first-order chi connectivity index (χ1) is 9.81. The van der Waals surface area contributed by atoms with Gasteiger partial charge in [-0.2, -0.15) is 11.8 Å². The van der Waals surface area contributed by atoms with E-state index in [4.69, 9.17) is 20.5 Å². The molecule has 0 spiro atoms. The summed E-state index contributed by atoms with van der Waals surface area (Å²) in [6.07, 6.45) is 1.62. The van der Waals surface area contributed by atoms with Crippen molar-refractivity contribution in [3.63, 3.8) is 0 Å². The molecule has 5 heteroatoms. The number of benzene rings is 1. The lowest BCUT2D eigenvalue weighted by molar-refractivity contribution is 0.413. The summed E-state index contributed by atoms with van der Waals surface area (Å²) in [5, 5.41) is 4.80. The molecule has 0 saturated carbocycles. The average molecular weight is 306 g/mol. The Balaban J connectivity index is 1.55. The summed E-state index contributed by atoms with van der Waals surface area (Å²) in [4.78, 5) is 0. The first-order valence-electron chi connectivity index (χ1n) is 6.13. The van der Waals surface area contributed by atoms with Gasteiger partial charge in [0.2, 0.25) is 5.76 Å². The first kappa shape index (κ1) is 13.3. The minimum Gasteiger partial charge on any atom is -0.461 e. The summed E-state index contributed by atoms with van der Waals surface area (Å²) in [5.41, 5.74) is 2.16. The molecule has 0 aliphatic heterocycles. The monoisotopic (exact) mass is 305 g/mol. The molecule has 3 rings (SSSR count). The molecule has 0 bridgehead atoms. The maximum atomic E-state index is 5.86. The van der Waals surface area contributed by atoms with Crippen molar-refractivity contribution in [2.45, 2.75) is 11.5 Å². The summed E-state index contributed by atoms with van der Waals surface area (Å²) in [6, 6.07) is 13.5. The molecule has 0 radical (unpaired) electrons. The normalized spacial score (nSPS) is 10.8. The predicted octanol–water partition coefficient (Wildman–Crippen LogP) is 5.02. The molecule has 0 aliphatic carbocycles. The highest BCUT2D eigenvalue weighted by Crippen LogP contribution is 2.24. The third-order valence-electron chi connectivity index (χ3n) is 2.75. The fraction of sp³-hybridized carbons (Fsp3) is 0.133. The van der Waals surface area contributed by atoms with Gasteiger partial charge in [-0.25, -0.2) is 0 Å². The minimum absolute atomic E-state index is 0.664. The SMILES string of the molecule is Clc1ccc(CSCc2cc(-c3ccco3)on2)cc1. The minimum atomic E-state index is 0.664. The van der Waals surface area contributed by atoms with Crippen LogP contribution in [0.25, 0.3) is 11.5 Å². The molecule has 0 aliphatic rings. The zero-order valence-electron chi connectivity index (χ0n) is 10.6. The van der Waals surface area contributed by atoms with Crippen LogP contribution in [-0.2, 0) is 11.5 Å². The van der Waals surface area contributed by atoms with Crippen LogP contribution in [0.3, 0.4) is 0 Å².